The van der Waals surface area contributed by atoms with E-state index in [0.29, 0.717) is 27.6 Å². The van der Waals surface area contributed by atoms with Gasteiger partial charge in [0.25, 0.3) is 10.0 Å². The molecule has 3 aromatic carbocycles. The van der Waals surface area contributed by atoms with Crippen molar-refractivity contribution in [3.63, 3.8) is 0 Å². The lowest BCUT2D eigenvalue weighted by molar-refractivity contribution is 0.555. The number of H-pyrrole nitrogens is 1. The Morgan fingerprint density at radius 2 is 1.76 bits per heavy atom. The van der Waals surface area contributed by atoms with Crippen LogP contribution < -0.4 is 5.76 Å². The van der Waals surface area contributed by atoms with Gasteiger partial charge in [0.2, 0.25) is 0 Å². The fraction of sp³-hybridized carbons (Fsp3) is 0. The highest BCUT2D eigenvalue weighted by Gasteiger charge is 2.22. The zero-order valence-corrected chi connectivity index (χ0v) is 15.6. The maximum atomic E-state index is 14.0. The molecule has 0 saturated carbocycles. The van der Waals surface area contributed by atoms with Gasteiger partial charge in [-0.15, -0.1) is 0 Å². The third-order valence-corrected chi connectivity index (χ3v) is 6.45. The number of fused-ring (bicyclic) bond motifs is 2. The first-order valence-electron chi connectivity index (χ1n) is 8.68. The Hall–Kier alpha value is -3.65. The van der Waals surface area contributed by atoms with Crippen LogP contribution in [0.3, 0.4) is 0 Å². The third kappa shape index (κ3) is 2.76. The second-order valence-corrected chi connectivity index (χ2v) is 8.36. The molecule has 2 heterocycles. The Bertz CT molecular complexity index is 1550. The summed E-state index contributed by atoms with van der Waals surface area (Å²) in [6.07, 6.45) is 1.46. The quantitative estimate of drug-likeness (QED) is 0.487. The lowest BCUT2D eigenvalue weighted by Crippen LogP contribution is -2.11. The van der Waals surface area contributed by atoms with Crippen molar-refractivity contribution in [3.8, 4) is 11.1 Å². The number of benzene rings is 3. The zero-order valence-electron chi connectivity index (χ0n) is 14.8. The second kappa shape index (κ2) is 6.18. The van der Waals surface area contributed by atoms with E-state index in [4.69, 9.17) is 4.42 Å². The number of oxazole rings is 1. The van der Waals surface area contributed by atoms with Crippen molar-refractivity contribution in [2.75, 3.05) is 0 Å². The largest absolute Gasteiger partial charge is 0.417 e. The molecule has 6 nitrogen and oxygen atoms in total. The minimum atomic E-state index is -3.94. The van der Waals surface area contributed by atoms with E-state index in [1.165, 1.54) is 36.5 Å². The van der Waals surface area contributed by atoms with Gasteiger partial charge in [-0.25, -0.2) is 21.6 Å². The van der Waals surface area contributed by atoms with Gasteiger partial charge in [0.05, 0.1) is 15.9 Å². The molecule has 0 atom stereocenters. The molecule has 1 N–H and O–H groups in total. The van der Waals surface area contributed by atoms with Crippen LogP contribution in [0.5, 0.6) is 0 Å². The number of halogens is 1. The first-order valence-corrected chi connectivity index (χ1v) is 10.1. The highest BCUT2D eigenvalue weighted by Crippen LogP contribution is 2.34. The monoisotopic (exact) mass is 408 g/mol. The molecule has 2 aromatic heterocycles. The summed E-state index contributed by atoms with van der Waals surface area (Å²) in [5, 5.41) is 0.558. The van der Waals surface area contributed by atoms with Crippen LogP contribution in [0.15, 0.2) is 87.0 Å². The highest BCUT2D eigenvalue weighted by atomic mass is 32.2. The molecule has 0 fully saturated rings. The van der Waals surface area contributed by atoms with Gasteiger partial charge in [0.15, 0.2) is 5.58 Å². The van der Waals surface area contributed by atoms with E-state index < -0.39 is 21.6 Å². The van der Waals surface area contributed by atoms with Gasteiger partial charge in [0, 0.05) is 17.1 Å². The van der Waals surface area contributed by atoms with Crippen LogP contribution in [0.25, 0.3) is 33.1 Å². The molecule has 29 heavy (non-hydrogen) atoms. The molecule has 0 aliphatic heterocycles. The number of hydrogen-bond donors (Lipinski definition) is 1. The molecule has 0 spiro atoms. The van der Waals surface area contributed by atoms with E-state index in [1.807, 2.05) is 0 Å². The van der Waals surface area contributed by atoms with Gasteiger partial charge in [-0.2, -0.15) is 0 Å². The van der Waals surface area contributed by atoms with Crippen LogP contribution in [-0.4, -0.2) is 17.4 Å². The van der Waals surface area contributed by atoms with E-state index in [0.717, 1.165) is 3.97 Å². The summed E-state index contributed by atoms with van der Waals surface area (Å²) in [4.78, 5) is 14.1. The topological polar surface area (TPSA) is 85.1 Å². The zero-order chi connectivity index (χ0) is 20.2. The molecular formula is C21H13FN2O4S. The van der Waals surface area contributed by atoms with Crippen molar-refractivity contribution in [1.82, 2.24) is 8.96 Å². The Labute approximate surface area is 163 Å². The fourth-order valence-electron chi connectivity index (χ4n) is 3.42. The van der Waals surface area contributed by atoms with Crippen molar-refractivity contribution in [3.05, 3.63) is 89.3 Å². The summed E-state index contributed by atoms with van der Waals surface area (Å²) < 4.78 is 46.5. The van der Waals surface area contributed by atoms with Crippen LogP contribution in [0.1, 0.15) is 0 Å². The summed E-state index contributed by atoms with van der Waals surface area (Å²) in [5.74, 6) is -1.12. The van der Waals surface area contributed by atoms with E-state index in [9.17, 15) is 17.6 Å². The highest BCUT2D eigenvalue weighted by molar-refractivity contribution is 7.90. The van der Waals surface area contributed by atoms with Gasteiger partial charge in [-0.1, -0.05) is 24.3 Å². The first-order chi connectivity index (χ1) is 13.9. The van der Waals surface area contributed by atoms with Crippen molar-refractivity contribution < 1.29 is 17.2 Å². The Kier molecular flexibility index (Phi) is 3.72. The van der Waals surface area contributed by atoms with E-state index in [-0.39, 0.29) is 10.4 Å². The molecule has 0 unspecified atom stereocenters. The van der Waals surface area contributed by atoms with E-state index >= 15 is 0 Å². The molecule has 5 aromatic rings. The van der Waals surface area contributed by atoms with Gasteiger partial charge in [0.1, 0.15) is 5.82 Å². The average Bonchev–Trinajstić information content (AvgIpc) is 3.27. The van der Waals surface area contributed by atoms with Crippen LogP contribution in [0.4, 0.5) is 4.39 Å². The average molecular weight is 408 g/mol. The lowest BCUT2D eigenvalue weighted by Gasteiger charge is -2.07. The van der Waals surface area contributed by atoms with Gasteiger partial charge >= 0.3 is 5.76 Å². The SMILES string of the molecule is O=c1[nH]c2ccc(-c3cn(S(=O)(=O)c4ccccc4)c4cc(F)ccc34)cc2o1. The number of aromatic nitrogens is 2. The molecule has 0 saturated heterocycles. The second-order valence-electron chi connectivity index (χ2n) is 6.54. The van der Waals surface area contributed by atoms with Crippen molar-refractivity contribution in [2.24, 2.45) is 0 Å². The Balaban J connectivity index is 1.80. The van der Waals surface area contributed by atoms with Gasteiger partial charge < -0.3 is 4.42 Å². The smallest absolute Gasteiger partial charge is 0.408 e. The van der Waals surface area contributed by atoms with Crippen LogP contribution >= 0.6 is 0 Å². The van der Waals surface area contributed by atoms with Crippen molar-refractivity contribution in [1.29, 1.82) is 0 Å². The third-order valence-electron chi connectivity index (χ3n) is 4.77. The minimum Gasteiger partial charge on any atom is -0.408 e. The predicted octanol–water partition coefficient (Wildman–Crippen LogP) is 4.12. The number of hydrogen-bond acceptors (Lipinski definition) is 4. The Morgan fingerprint density at radius 1 is 0.966 bits per heavy atom. The maximum Gasteiger partial charge on any atom is 0.417 e. The summed E-state index contributed by atoms with van der Waals surface area (Å²) in [5.41, 5.74) is 2.32. The first kappa shape index (κ1) is 17.4. The molecule has 0 radical (unpaired) electrons. The summed E-state index contributed by atoms with van der Waals surface area (Å²) in [6.45, 7) is 0. The van der Waals surface area contributed by atoms with Crippen LogP contribution in [0, 0.1) is 5.82 Å². The van der Waals surface area contributed by atoms with Gasteiger partial charge in [-0.05, 0) is 48.0 Å². The molecule has 0 aliphatic carbocycles. The summed E-state index contributed by atoms with van der Waals surface area (Å²) in [6, 6.07) is 17.0. The van der Waals surface area contributed by atoms with E-state index in [2.05, 4.69) is 4.98 Å². The normalized spacial score (nSPS) is 12.0. The molecule has 5 rings (SSSR count). The summed E-state index contributed by atoms with van der Waals surface area (Å²) >= 11 is 0. The van der Waals surface area contributed by atoms with Crippen LogP contribution in [0.2, 0.25) is 0 Å². The molecular weight excluding hydrogens is 395 g/mol. The number of nitrogens with one attached hydrogen (secondary N) is 1. The van der Waals surface area contributed by atoms with Crippen molar-refractivity contribution in [2.45, 2.75) is 4.90 Å². The van der Waals surface area contributed by atoms with E-state index in [1.54, 1.807) is 36.4 Å². The lowest BCUT2D eigenvalue weighted by atomic mass is 10.0. The minimum absolute atomic E-state index is 0.0970. The molecule has 144 valence electrons. The van der Waals surface area contributed by atoms with Crippen LogP contribution in [-0.2, 0) is 10.0 Å². The molecule has 0 amide bonds. The maximum absolute atomic E-state index is 14.0. The molecule has 8 heteroatoms. The fourth-order valence-corrected chi connectivity index (χ4v) is 4.80. The van der Waals surface area contributed by atoms with Gasteiger partial charge in [-0.3, -0.25) is 4.98 Å². The Morgan fingerprint density at radius 3 is 2.55 bits per heavy atom. The summed E-state index contributed by atoms with van der Waals surface area (Å²) in [7, 11) is -3.94. The molecule has 0 aliphatic rings. The predicted molar refractivity (Wildman–Crippen MR) is 107 cm³/mol. The number of rotatable bonds is 3. The standard InChI is InChI=1S/C21H13FN2O4S/c22-14-7-8-16-17(13-6-9-18-20(10-13)28-21(25)23-18)12-24(19(16)11-14)29(26,27)15-4-2-1-3-5-15/h1-12H,(H,23,25). The number of nitrogens with zero attached hydrogens (tertiary/aromatic N) is 1. The van der Waals surface area contributed by atoms with Crippen molar-refractivity contribution >= 4 is 32.0 Å². The molecule has 0 bridgehead atoms. The number of aromatic amines is 1.